The predicted octanol–water partition coefficient (Wildman–Crippen LogP) is -0.217. The quantitative estimate of drug-likeness (QED) is 0.632. The second-order valence-electron chi connectivity index (χ2n) is 6.30. The van der Waals surface area contributed by atoms with E-state index in [-0.39, 0.29) is 24.2 Å². The van der Waals surface area contributed by atoms with Crippen LogP contribution in [0, 0.1) is 13.8 Å². The fraction of sp³-hybridized carbons (Fsp3) is 0.353. The molecule has 0 aromatic carbocycles. The molecule has 1 unspecified atom stereocenters. The molecule has 0 radical (unpaired) electrons. The molecule has 3 aromatic rings. The number of halogens is 1. The maximum atomic E-state index is 11.8. The van der Waals surface area contributed by atoms with Crippen molar-refractivity contribution in [1.82, 2.24) is 14.0 Å². The smallest absolute Gasteiger partial charge is 0.152 e. The number of fused-ring (bicyclic) bond motifs is 1. The summed E-state index contributed by atoms with van der Waals surface area (Å²) in [5, 5.41) is 0. The van der Waals surface area contributed by atoms with Crippen molar-refractivity contribution in [2.24, 2.45) is 0 Å². The van der Waals surface area contributed by atoms with E-state index in [9.17, 15) is 8.42 Å². The van der Waals surface area contributed by atoms with E-state index >= 15 is 0 Å². The van der Waals surface area contributed by atoms with E-state index < -0.39 is 9.84 Å². The lowest BCUT2D eigenvalue weighted by atomic mass is 10.2. The van der Waals surface area contributed by atoms with Crippen molar-refractivity contribution in [3.05, 3.63) is 48.0 Å². The Morgan fingerprint density at radius 1 is 1.25 bits per heavy atom. The van der Waals surface area contributed by atoms with Crippen molar-refractivity contribution in [3.63, 3.8) is 0 Å². The SMILES string of the molecule is Cc1cc(-c2cn3ccccc3n2)c(C)n1C1CCS(=O)(=O)C1.[Cl-]. The zero-order valence-electron chi connectivity index (χ0n) is 13.6. The zero-order valence-corrected chi connectivity index (χ0v) is 15.2. The number of sulfone groups is 1. The monoisotopic (exact) mass is 364 g/mol. The third-order valence-electron chi connectivity index (χ3n) is 4.70. The molecule has 3 aromatic heterocycles. The Hall–Kier alpha value is -1.79. The van der Waals surface area contributed by atoms with Crippen LogP contribution in [-0.2, 0) is 9.84 Å². The molecule has 1 atom stereocenters. The molecule has 1 aliphatic rings. The molecule has 0 aliphatic carbocycles. The Bertz CT molecular complexity index is 971. The van der Waals surface area contributed by atoms with Crippen molar-refractivity contribution >= 4 is 15.5 Å². The number of aromatic nitrogens is 3. The van der Waals surface area contributed by atoms with Crippen LogP contribution in [0.5, 0.6) is 0 Å². The molecule has 1 fully saturated rings. The molecule has 0 bridgehead atoms. The summed E-state index contributed by atoms with van der Waals surface area (Å²) in [5.41, 5.74) is 5.10. The van der Waals surface area contributed by atoms with Gasteiger partial charge in [-0.2, -0.15) is 0 Å². The molecule has 0 saturated carbocycles. The highest BCUT2D eigenvalue weighted by Crippen LogP contribution is 2.33. The average Bonchev–Trinajstić information content (AvgIpc) is 3.14. The van der Waals surface area contributed by atoms with Crippen LogP contribution < -0.4 is 12.4 Å². The standard InChI is InChI=1S/C17H19N3O2S.ClH/c1-12-9-15(16-10-19-7-4-3-5-17(19)18-16)13(2)20(12)14-6-8-23(21,22)11-14;/h3-5,7,9-10,14H,6,8,11H2,1-2H3;1H/p-1. The number of imidazole rings is 1. The molecule has 0 N–H and O–H groups in total. The van der Waals surface area contributed by atoms with Crippen LogP contribution in [-0.4, -0.2) is 33.9 Å². The Kier molecular flexibility index (Phi) is 4.21. The van der Waals surface area contributed by atoms with Crippen molar-refractivity contribution in [2.45, 2.75) is 26.3 Å². The van der Waals surface area contributed by atoms with E-state index in [1.165, 1.54) is 0 Å². The van der Waals surface area contributed by atoms with Crippen LogP contribution in [0.15, 0.2) is 36.7 Å². The van der Waals surface area contributed by atoms with E-state index in [1.807, 2.05) is 41.9 Å². The molecule has 0 spiro atoms. The number of pyridine rings is 1. The van der Waals surface area contributed by atoms with Crippen LogP contribution in [0.25, 0.3) is 16.9 Å². The van der Waals surface area contributed by atoms with Gasteiger partial charge >= 0.3 is 0 Å². The van der Waals surface area contributed by atoms with Gasteiger partial charge in [-0.15, -0.1) is 0 Å². The van der Waals surface area contributed by atoms with Crippen molar-refractivity contribution < 1.29 is 20.8 Å². The van der Waals surface area contributed by atoms with Gasteiger partial charge in [0.1, 0.15) is 5.65 Å². The normalized spacial score (nSPS) is 19.5. The van der Waals surface area contributed by atoms with E-state index in [1.54, 1.807) is 0 Å². The molecular weight excluding hydrogens is 346 g/mol. The number of rotatable bonds is 2. The van der Waals surface area contributed by atoms with Gasteiger partial charge in [0.15, 0.2) is 9.84 Å². The second kappa shape index (κ2) is 5.93. The Morgan fingerprint density at radius 2 is 2.04 bits per heavy atom. The van der Waals surface area contributed by atoms with E-state index in [2.05, 4.69) is 22.5 Å². The highest BCUT2D eigenvalue weighted by Gasteiger charge is 2.31. The van der Waals surface area contributed by atoms with E-state index in [0.717, 1.165) is 28.3 Å². The zero-order chi connectivity index (χ0) is 16.2. The summed E-state index contributed by atoms with van der Waals surface area (Å²) in [5.74, 6) is 0.534. The first-order chi connectivity index (χ1) is 10.9. The van der Waals surface area contributed by atoms with Crippen LogP contribution in [0.3, 0.4) is 0 Å². The third kappa shape index (κ3) is 2.74. The first kappa shape index (κ1) is 17.0. The fourth-order valence-electron chi connectivity index (χ4n) is 3.64. The van der Waals surface area contributed by atoms with E-state index in [0.29, 0.717) is 12.2 Å². The van der Waals surface area contributed by atoms with Crippen LogP contribution >= 0.6 is 0 Å². The molecular formula is C17H19ClN3O2S-. The van der Waals surface area contributed by atoms with Gasteiger partial charge < -0.3 is 21.4 Å². The molecule has 1 aliphatic heterocycles. The summed E-state index contributed by atoms with van der Waals surface area (Å²) in [6, 6.07) is 8.09. The number of hydrogen-bond donors (Lipinski definition) is 0. The minimum absolute atomic E-state index is 0. The summed E-state index contributed by atoms with van der Waals surface area (Å²) in [6.07, 6.45) is 4.70. The lowest BCUT2D eigenvalue weighted by Crippen LogP contribution is -3.00. The first-order valence-corrected chi connectivity index (χ1v) is 9.60. The van der Waals surface area contributed by atoms with Gasteiger partial charge in [0.2, 0.25) is 0 Å². The molecule has 7 heteroatoms. The largest absolute Gasteiger partial charge is 1.00 e. The Labute approximate surface area is 147 Å². The lowest BCUT2D eigenvalue weighted by Gasteiger charge is -2.16. The molecule has 24 heavy (non-hydrogen) atoms. The van der Waals surface area contributed by atoms with Crippen molar-refractivity contribution in [2.75, 3.05) is 11.5 Å². The second-order valence-corrected chi connectivity index (χ2v) is 8.53. The molecule has 4 rings (SSSR count). The number of aryl methyl sites for hydroxylation is 1. The summed E-state index contributed by atoms with van der Waals surface area (Å²) in [6.45, 7) is 4.09. The number of hydrogen-bond acceptors (Lipinski definition) is 3. The van der Waals surface area contributed by atoms with E-state index in [4.69, 9.17) is 0 Å². The minimum atomic E-state index is -2.89. The summed E-state index contributed by atoms with van der Waals surface area (Å²) >= 11 is 0. The van der Waals surface area contributed by atoms with Crippen molar-refractivity contribution in [3.8, 4) is 11.3 Å². The predicted molar refractivity (Wildman–Crippen MR) is 90.4 cm³/mol. The number of nitrogens with zero attached hydrogens (tertiary/aromatic N) is 3. The van der Waals surface area contributed by atoms with Gasteiger partial charge in [-0.1, -0.05) is 6.07 Å². The fourth-order valence-corrected chi connectivity index (χ4v) is 5.34. The summed E-state index contributed by atoms with van der Waals surface area (Å²) in [4.78, 5) is 4.68. The van der Waals surface area contributed by atoms with Gasteiger partial charge in [0.05, 0.1) is 17.2 Å². The maximum Gasteiger partial charge on any atom is 0.152 e. The Balaban J connectivity index is 0.00000169. The lowest BCUT2D eigenvalue weighted by molar-refractivity contribution is -0.00000741. The van der Waals surface area contributed by atoms with Crippen LogP contribution in [0.2, 0.25) is 0 Å². The molecule has 1 saturated heterocycles. The highest BCUT2D eigenvalue weighted by atomic mass is 35.5. The van der Waals surface area contributed by atoms with Gasteiger partial charge in [0.25, 0.3) is 0 Å². The van der Waals surface area contributed by atoms with Gasteiger partial charge in [0, 0.05) is 35.4 Å². The van der Waals surface area contributed by atoms with Gasteiger partial charge in [-0.25, -0.2) is 13.4 Å². The average molecular weight is 365 g/mol. The minimum Gasteiger partial charge on any atom is -1.00 e. The van der Waals surface area contributed by atoms with Crippen LogP contribution in [0.4, 0.5) is 0 Å². The molecule has 128 valence electrons. The Morgan fingerprint density at radius 3 is 2.71 bits per heavy atom. The summed E-state index contributed by atoms with van der Waals surface area (Å²) < 4.78 is 27.8. The third-order valence-corrected chi connectivity index (χ3v) is 6.45. The topological polar surface area (TPSA) is 56.4 Å². The van der Waals surface area contributed by atoms with Gasteiger partial charge in [-0.05, 0) is 38.5 Å². The molecule has 5 nitrogen and oxygen atoms in total. The van der Waals surface area contributed by atoms with Crippen molar-refractivity contribution in [1.29, 1.82) is 0 Å². The maximum absolute atomic E-state index is 11.8. The first-order valence-electron chi connectivity index (χ1n) is 7.77. The molecule has 4 heterocycles. The summed E-state index contributed by atoms with van der Waals surface area (Å²) in [7, 11) is -2.89. The van der Waals surface area contributed by atoms with Gasteiger partial charge in [-0.3, -0.25) is 0 Å². The van der Waals surface area contributed by atoms with Crippen LogP contribution in [0.1, 0.15) is 23.9 Å². The molecule has 0 amide bonds. The highest BCUT2D eigenvalue weighted by molar-refractivity contribution is 7.91.